The van der Waals surface area contributed by atoms with Gasteiger partial charge < -0.3 is 4.42 Å². The van der Waals surface area contributed by atoms with Gasteiger partial charge in [-0.3, -0.25) is 14.8 Å². The number of hydrogen-bond donors (Lipinski definition) is 2. The number of carbonyl (C=O) groups is 1. The fourth-order valence-electron chi connectivity index (χ4n) is 1.44. The summed E-state index contributed by atoms with van der Waals surface area (Å²) in [6.45, 7) is 2.67. The summed E-state index contributed by atoms with van der Waals surface area (Å²) in [7, 11) is 0. The zero-order valence-corrected chi connectivity index (χ0v) is 10.6. The summed E-state index contributed by atoms with van der Waals surface area (Å²) in [5.74, 6) is 6.26. The lowest BCUT2D eigenvalue weighted by Crippen LogP contribution is -2.31. The van der Waals surface area contributed by atoms with Gasteiger partial charge in [0, 0.05) is 6.54 Å². The molecule has 8 heteroatoms. The number of nitrogens with two attached hydrogens (primary N) is 1. The Morgan fingerprint density at radius 2 is 2.44 bits per heavy atom. The van der Waals surface area contributed by atoms with E-state index in [1.807, 2.05) is 17.6 Å². The van der Waals surface area contributed by atoms with Gasteiger partial charge in [0.25, 0.3) is 0 Å². The molecule has 0 saturated carbocycles. The number of furan rings is 1. The maximum Gasteiger partial charge on any atom is 0.244 e. The fourth-order valence-corrected chi connectivity index (χ4v) is 2.25. The first-order valence-corrected chi connectivity index (χ1v) is 6.34. The van der Waals surface area contributed by atoms with Crippen LogP contribution in [0.3, 0.4) is 0 Å². The van der Waals surface area contributed by atoms with Gasteiger partial charge in [-0.25, -0.2) is 5.84 Å². The molecule has 7 nitrogen and oxygen atoms in total. The van der Waals surface area contributed by atoms with Gasteiger partial charge in [-0.2, -0.15) is 0 Å². The molecule has 0 saturated heterocycles. The average Bonchev–Trinajstić information content (AvgIpc) is 3.03. The number of rotatable bonds is 5. The van der Waals surface area contributed by atoms with Crippen molar-refractivity contribution >= 4 is 17.7 Å². The number of nitrogens with one attached hydrogen (secondary N) is 1. The monoisotopic (exact) mass is 267 g/mol. The van der Waals surface area contributed by atoms with Gasteiger partial charge in [-0.15, -0.1) is 10.2 Å². The Hall–Kier alpha value is -1.80. The van der Waals surface area contributed by atoms with E-state index in [0.29, 0.717) is 23.3 Å². The quantitative estimate of drug-likeness (QED) is 0.357. The predicted octanol–water partition coefficient (Wildman–Crippen LogP) is 0.640. The third-order valence-electron chi connectivity index (χ3n) is 2.27. The van der Waals surface area contributed by atoms with Gasteiger partial charge in [-0.05, 0) is 19.1 Å². The van der Waals surface area contributed by atoms with Crippen LogP contribution in [0.15, 0.2) is 28.0 Å². The molecule has 96 valence electrons. The number of amides is 1. The predicted molar refractivity (Wildman–Crippen MR) is 66.5 cm³/mol. The summed E-state index contributed by atoms with van der Waals surface area (Å²) in [6, 6.07) is 3.61. The topological polar surface area (TPSA) is 99.0 Å². The molecule has 0 spiro atoms. The lowest BCUT2D eigenvalue weighted by atomic mass is 10.4. The molecule has 0 bridgehead atoms. The average molecular weight is 267 g/mol. The van der Waals surface area contributed by atoms with Crippen LogP contribution in [-0.4, -0.2) is 26.4 Å². The molecule has 2 aromatic heterocycles. The Balaban J connectivity index is 2.20. The van der Waals surface area contributed by atoms with Gasteiger partial charge in [-0.1, -0.05) is 11.8 Å². The molecule has 0 aliphatic rings. The van der Waals surface area contributed by atoms with Crippen LogP contribution in [0.1, 0.15) is 6.92 Å². The first kappa shape index (κ1) is 12.7. The van der Waals surface area contributed by atoms with Gasteiger partial charge >= 0.3 is 0 Å². The van der Waals surface area contributed by atoms with Gasteiger partial charge in [0.1, 0.15) is 0 Å². The molecule has 2 rings (SSSR count). The molecular formula is C10H13N5O2S. The normalized spacial score (nSPS) is 10.6. The molecular weight excluding hydrogens is 254 g/mol. The van der Waals surface area contributed by atoms with E-state index in [1.54, 1.807) is 12.3 Å². The lowest BCUT2D eigenvalue weighted by Gasteiger charge is -2.04. The molecule has 0 unspecified atom stereocenters. The molecule has 1 amide bonds. The maximum atomic E-state index is 11.1. The Labute approximate surface area is 108 Å². The molecule has 18 heavy (non-hydrogen) atoms. The zero-order valence-electron chi connectivity index (χ0n) is 9.79. The summed E-state index contributed by atoms with van der Waals surface area (Å²) in [5, 5.41) is 8.77. The van der Waals surface area contributed by atoms with E-state index in [0.717, 1.165) is 0 Å². The molecule has 0 aromatic carbocycles. The molecule has 0 atom stereocenters. The summed E-state index contributed by atoms with van der Waals surface area (Å²) < 4.78 is 7.17. The zero-order chi connectivity index (χ0) is 13.0. The van der Waals surface area contributed by atoms with Crippen molar-refractivity contribution < 1.29 is 9.21 Å². The van der Waals surface area contributed by atoms with Crippen molar-refractivity contribution in [2.75, 3.05) is 5.75 Å². The number of nitrogens with zero attached hydrogens (tertiary/aromatic N) is 3. The summed E-state index contributed by atoms with van der Waals surface area (Å²) in [4.78, 5) is 11.1. The SMILES string of the molecule is CCn1c(SCC(=O)NN)nnc1-c1ccco1. The first-order valence-electron chi connectivity index (χ1n) is 5.35. The van der Waals surface area contributed by atoms with Crippen LogP contribution < -0.4 is 11.3 Å². The maximum absolute atomic E-state index is 11.1. The largest absolute Gasteiger partial charge is 0.461 e. The number of hydrogen-bond acceptors (Lipinski definition) is 6. The minimum Gasteiger partial charge on any atom is -0.461 e. The Morgan fingerprint density at radius 1 is 1.61 bits per heavy atom. The highest BCUT2D eigenvalue weighted by Crippen LogP contribution is 2.23. The second-order valence-electron chi connectivity index (χ2n) is 3.38. The van der Waals surface area contributed by atoms with Crippen molar-refractivity contribution in [3.63, 3.8) is 0 Å². The van der Waals surface area contributed by atoms with Crippen molar-refractivity contribution in [3.05, 3.63) is 18.4 Å². The second kappa shape index (κ2) is 5.69. The second-order valence-corrected chi connectivity index (χ2v) is 4.33. The standard InChI is InChI=1S/C10H13N5O2S/c1-2-15-9(7-4-3-5-17-7)13-14-10(15)18-6-8(16)12-11/h3-5H,2,6,11H2,1H3,(H,12,16). The highest BCUT2D eigenvalue weighted by molar-refractivity contribution is 7.99. The summed E-state index contributed by atoms with van der Waals surface area (Å²) in [5.41, 5.74) is 2.07. The molecule has 2 aromatic rings. The molecule has 0 radical (unpaired) electrons. The molecule has 0 aliphatic carbocycles. The van der Waals surface area contributed by atoms with Crippen molar-refractivity contribution in [1.29, 1.82) is 0 Å². The van der Waals surface area contributed by atoms with Crippen LogP contribution in [0, 0.1) is 0 Å². The molecule has 0 fully saturated rings. The number of carbonyl (C=O) groups excluding carboxylic acids is 1. The highest BCUT2D eigenvalue weighted by atomic mass is 32.2. The van der Waals surface area contributed by atoms with E-state index in [1.165, 1.54) is 11.8 Å². The van der Waals surface area contributed by atoms with E-state index < -0.39 is 0 Å². The minimum absolute atomic E-state index is 0.201. The number of aromatic nitrogens is 3. The van der Waals surface area contributed by atoms with Crippen LogP contribution in [0.5, 0.6) is 0 Å². The van der Waals surface area contributed by atoms with E-state index in [2.05, 4.69) is 15.6 Å². The lowest BCUT2D eigenvalue weighted by molar-refractivity contribution is -0.118. The minimum atomic E-state index is -0.259. The van der Waals surface area contributed by atoms with Gasteiger partial charge in [0.15, 0.2) is 16.7 Å². The molecule has 3 N–H and O–H groups in total. The molecule has 2 heterocycles. The number of thioether (sulfide) groups is 1. The Bertz CT molecular complexity index is 522. The number of hydrazine groups is 1. The fraction of sp³-hybridized carbons (Fsp3) is 0.300. The highest BCUT2D eigenvalue weighted by Gasteiger charge is 2.15. The van der Waals surface area contributed by atoms with Crippen molar-refractivity contribution in [3.8, 4) is 11.6 Å². The van der Waals surface area contributed by atoms with E-state index in [9.17, 15) is 4.79 Å². The Kier molecular flexibility index (Phi) is 4.00. The van der Waals surface area contributed by atoms with Crippen LogP contribution in [0.25, 0.3) is 11.6 Å². The van der Waals surface area contributed by atoms with Gasteiger partial charge in [0.2, 0.25) is 5.91 Å². The van der Waals surface area contributed by atoms with Crippen molar-refractivity contribution in [1.82, 2.24) is 20.2 Å². The van der Waals surface area contributed by atoms with Crippen LogP contribution >= 0.6 is 11.8 Å². The van der Waals surface area contributed by atoms with Gasteiger partial charge in [0.05, 0.1) is 12.0 Å². The molecule has 0 aliphatic heterocycles. The van der Waals surface area contributed by atoms with Crippen LogP contribution in [0.2, 0.25) is 0 Å². The smallest absolute Gasteiger partial charge is 0.244 e. The third kappa shape index (κ3) is 2.54. The van der Waals surface area contributed by atoms with Crippen LogP contribution in [0.4, 0.5) is 0 Å². The van der Waals surface area contributed by atoms with Crippen molar-refractivity contribution in [2.24, 2.45) is 5.84 Å². The summed E-state index contributed by atoms with van der Waals surface area (Å²) in [6.07, 6.45) is 1.58. The summed E-state index contributed by atoms with van der Waals surface area (Å²) >= 11 is 1.28. The van der Waals surface area contributed by atoms with Crippen molar-refractivity contribution in [2.45, 2.75) is 18.6 Å². The van der Waals surface area contributed by atoms with E-state index in [4.69, 9.17) is 10.3 Å². The Morgan fingerprint density at radius 3 is 3.06 bits per heavy atom. The first-order chi connectivity index (χ1) is 8.76. The van der Waals surface area contributed by atoms with Crippen LogP contribution in [-0.2, 0) is 11.3 Å². The third-order valence-corrected chi connectivity index (χ3v) is 3.23. The van der Waals surface area contributed by atoms with E-state index in [-0.39, 0.29) is 11.7 Å². The van der Waals surface area contributed by atoms with E-state index >= 15 is 0 Å².